The number of H-pyrrole nitrogens is 1. The fraction of sp³-hybridized carbons (Fsp3) is 0.733. The summed E-state index contributed by atoms with van der Waals surface area (Å²) in [5.74, 6) is 0.495. The van der Waals surface area contributed by atoms with Gasteiger partial charge in [-0.05, 0) is 32.2 Å². The van der Waals surface area contributed by atoms with Gasteiger partial charge in [0, 0.05) is 31.6 Å². The van der Waals surface area contributed by atoms with Gasteiger partial charge in [-0.3, -0.25) is 14.8 Å². The average Bonchev–Trinajstić information content (AvgIpc) is 3.29. The summed E-state index contributed by atoms with van der Waals surface area (Å²) in [5.41, 5.74) is 8.11. The molecule has 4 rings (SSSR count). The van der Waals surface area contributed by atoms with E-state index in [0.717, 1.165) is 38.2 Å². The van der Waals surface area contributed by atoms with E-state index in [1.54, 1.807) is 0 Å². The van der Waals surface area contributed by atoms with Crippen LogP contribution in [0.4, 0.5) is 5.69 Å². The number of hydrogen-bond donors (Lipinski definition) is 2. The molecule has 21 heavy (non-hydrogen) atoms. The van der Waals surface area contributed by atoms with Crippen LogP contribution in [0.15, 0.2) is 0 Å². The van der Waals surface area contributed by atoms with Gasteiger partial charge in [0.15, 0.2) is 5.69 Å². The number of carbonyl (C=O) groups excluding carboxylic acids is 1. The van der Waals surface area contributed by atoms with Crippen LogP contribution < -0.4 is 5.73 Å². The minimum absolute atomic E-state index is 0.000809. The molecular formula is C15H23N5O. The maximum absolute atomic E-state index is 12.7. The predicted octanol–water partition coefficient (Wildman–Crippen LogP) is 1.18. The summed E-state index contributed by atoms with van der Waals surface area (Å²) in [5, 5.41) is 7.18. The molecule has 1 amide bonds. The van der Waals surface area contributed by atoms with Gasteiger partial charge in [-0.2, -0.15) is 5.10 Å². The van der Waals surface area contributed by atoms with Crippen LogP contribution in [0.2, 0.25) is 0 Å². The first kappa shape index (κ1) is 13.1. The number of aromatic amines is 1. The first-order chi connectivity index (χ1) is 10.2. The molecule has 3 N–H and O–H groups in total. The van der Waals surface area contributed by atoms with Gasteiger partial charge in [-0.1, -0.05) is 6.42 Å². The van der Waals surface area contributed by atoms with E-state index in [-0.39, 0.29) is 5.91 Å². The summed E-state index contributed by atoms with van der Waals surface area (Å²) in [6.45, 7) is 3.78. The van der Waals surface area contributed by atoms with E-state index in [0.29, 0.717) is 23.3 Å². The molecule has 0 aromatic carbocycles. The lowest BCUT2D eigenvalue weighted by atomic mass is 9.99. The molecule has 3 heterocycles. The Kier molecular flexibility index (Phi) is 3.14. The van der Waals surface area contributed by atoms with Crippen LogP contribution in [0.1, 0.15) is 54.2 Å². The van der Waals surface area contributed by atoms with Crippen molar-refractivity contribution in [2.45, 2.75) is 44.1 Å². The highest BCUT2D eigenvalue weighted by Gasteiger charge is 2.35. The van der Waals surface area contributed by atoms with E-state index in [1.807, 2.05) is 4.90 Å². The second-order valence-corrected chi connectivity index (χ2v) is 6.61. The van der Waals surface area contributed by atoms with E-state index >= 15 is 0 Å². The zero-order valence-corrected chi connectivity index (χ0v) is 12.3. The summed E-state index contributed by atoms with van der Waals surface area (Å²) >= 11 is 0. The van der Waals surface area contributed by atoms with Crippen molar-refractivity contribution in [3.63, 3.8) is 0 Å². The largest absolute Gasteiger partial charge is 0.395 e. The summed E-state index contributed by atoms with van der Waals surface area (Å²) in [6.07, 6.45) is 6.08. The summed E-state index contributed by atoms with van der Waals surface area (Å²) < 4.78 is 0. The molecule has 6 heteroatoms. The summed E-state index contributed by atoms with van der Waals surface area (Å²) in [7, 11) is 0. The van der Waals surface area contributed by atoms with Crippen molar-refractivity contribution in [3.05, 3.63) is 11.4 Å². The van der Waals surface area contributed by atoms with Crippen molar-refractivity contribution in [1.82, 2.24) is 20.0 Å². The molecule has 3 aliphatic rings. The lowest BCUT2D eigenvalue weighted by molar-refractivity contribution is 0.0369. The molecule has 1 unspecified atom stereocenters. The monoisotopic (exact) mass is 289 g/mol. The van der Waals surface area contributed by atoms with Crippen molar-refractivity contribution in [2.75, 3.05) is 31.9 Å². The number of nitrogens with one attached hydrogen (secondary N) is 1. The first-order valence-electron chi connectivity index (χ1n) is 8.11. The Bertz CT molecular complexity index is 550. The van der Waals surface area contributed by atoms with Gasteiger partial charge in [0.2, 0.25) is 0 Å². The molecule has 1 aromatic heterocycles. The molecule has 2 saturated heterocycles. The Morgan fingerprint density at radius 3 is 2.86 bits per heavy atom. The smallest absolute Gasteiger partial charge is 0.276 e. The fourth-order valence-corrected chi connectivity index (χ4v) is 3.70. The van der Waals surface area contributed by atoms with Crippen LogP contribution in [0.25, 0.3) is 0 Å². The number of nitrogen functional groups attached to an aromatic ring is 1. The number of piperazine rings is 1. The highest BCUT2D eigenvalue weighted by molar-refractivity contribution is 5.97. The minimum Gasteiger partial charge on any atom is -0.395 e. The normalized spacial score (nSPS) is 26.7. The quantitative estimate of drug-likeness (QED) is 0.857. The second kappa shape index (κ2) is 5.02. The number of fused-ring (bicyclic) bond motifs is 1. The van der Waals surface area contributed by atoms with Gasteiger partial charge in [-0.15, -0.1) is 0 Å². The van der Waals surface area contributed by atoms with Gasteiger partial charge in [0.1, 0.15) is 0 Å². The molecule has 1 aromatic rings. The molecule has 0 bridgehead atoms. The lowest BCUT2D eigenvalue weighted by Gasteiger charge is -2.43. The van der Waals surface area contributed by atoms with Crippen molar-refractivity contribution >= 4 is 11.6 Å². The zero-order chi connectivity index (χ0) is 14.4. The Hall–Kier alpha value is -1.56. The van der Waals surface area contributed by atoms with Crippen molar-refractivity contribution in [3.8, 4) is 0 Å². The molecule has 1 atom stereocenters. The van der Waals surface area contributed by atoms with Gasteiger partial charge in [0.25, 0.3) is 5.91 Å². The molecule has 0 radical (unpaired) electrons. The molecular weight excluding hydrogens is 266 g/mol. The van der Waals surface area contributed by atoms with E-state index in [2.05, 4.69) is 15.1 Å². The van der Waals surface area contributed by atoms with E-state index in [9.17, 15) is 4.79 Å². The lowest BCUT2D eigenvalue weighted by Crippen LogP contribution is -2.56. The third-order valence-corrected chi connectivity index (χ3v) is 5.15. The summed E-state index contributed by atoms with van der Waals surface area (Å²) in [6, 6.07) is 0.527. The number of carbonyl (C=O) groups is 1. The van der Waals surface area contributed by atoms with Gasteiger partial charge >= 0.3 is 0 Å². The Morgan fingerprint density at radius 1 is 1.19 bits per heavy atom. The number of aromatic nitrogens is 2. The van der Waals surface area contributed by atoms with Gasteiger partial charge < -0.3 is 10.6 Å². The Morgan fingerprint density at radius 2 is 2.05 bits per heavy atom. The predicted molar refractivity (Wildman–Crippen MR) is 80.1 cm³/mol. The Labute approximate surface area is 124 Å². The molecule has 6 nitrogen and oxygen atoms in total. The molecule has 3 fully saturated rings. The number of nitrogens with zero attached hydrogens (tertiary/aromatic N) is 3. The van der Waals surface area contributed by atoms with Gasteiger partial charge in [-0.25, -0.2) is 0 Å². The van der Waals surface area contributed by atoms with Crippen LogP contribution in [0.3, 0.4) is 0 Å². The molecule has 1 saturated carbocycles. The second-order valence-electron chi connectivity index (χ2n) is 6.61. The average molecular weight is 289 g/mol. The number of nitrogens with two attached hydrogens (primary N) is 1. The van der Waals surface area contributed by atoms with Gasteiger partial charge in [0.05, 0.1) is 11.4 Å². The number of hydrogen-bond acceptors (Lipinski definition) is 4. The van der Waals surface area contributed by atoms with Crippen molar-refractivity contribution < 1.29 is 4.79 Å². The molecule has 114 valence electrons. The van der Waals surface area contributed by atoms with E-state index in [1.165, 1.54) is 25.8 Å². The van der Waals surface area contributed by atoms with Crippen LogP contribution in [0, 0.1) is 0 Å². The topological polar surface area (TPSA) is 78.2 Å². The fourth-order valence-electron chi connectivity index (χ4n) is 3.70. The van der Waals surface area contributed by atoms with Crippen molar-refractivity contribution in [1.29, 1.82) is 0 Å². The first-order valence-corrected chi connectivity index (χ1v) is 8.11. The number of amides is 1. The summed E-state index contributed by atoms with van der Waals surface area (Å²) in [4.78, 5) is 17.2. The third kappa shape index (κ3) is 2.31. The molecule has 0 spiro atoms. The van der Waals surface area contributed by atoms with Crippen LogP contribution in [0.5, 0.6) is 0 Å². The minimum atomic E-state index is 0.000809. The number of piperidine rings is 1. The highest BCUT2D eigenvalue weighted by Crippen LogP contribution is 2.42. The maximum atomic E-state index is 12.7. The maximum Gasteiger partial charge on any atom is 0.276 e. The zero-order valence-electron chi connectivity index (χ0n) is 12.3. The van der Waals surface area contributed by atoms with E-state index in [4.69, 9.17) is 5.73 Å². The van der Waals surface area contributed by atoms with Crippen molar-refractivity contribution in [2.24, 2.45) is 0 Å². The third-order valence-electron chi connectivity index (χ3n) is 5.15. The standard InChI is InChI=1S/C15H23N5O/c16-12-13(10-4-5-10)17-18-14(12)15(21)20-8-7-19-6-2-1-3-11(19)9-20/h10-11H,1-9,16H2,(H,17,18). The highest BCUT2D eigenvalue weighted by atomic mass is 16.2. The molecule has 2 aliphatic heterocycles. The molecule has 1 aliphatic carbocycles. The Balaban J connectivity index is 1.49. The van der Waals surface area contributed by atoms with Crippen LogP contribution in [-0.2, 0) is 0 Å². The van der Waals surface area contributed by atoms with Crippen LogP contribution >= 0.6 is 0 Å². The SMILES string of the molecule is Nc1c(C(=O)N2CCN3CCCCC3C2)n[nH]c1C1CC1. The number of anilines is 1. The number of rotatable bonds is 2. The van der Waals surface area contributed by atoms with E-state index < -0.39 is 0 Å². The van der Waals surface area contributed by atoms with Crippen LogP contribution in [-0.4, -0.2) is 58.1 Å².